The van der Waals surface area contributed by atoms with E-state index in [0.717, 1.165) is 10.1 Å². The van der Waals surface area contributed by atoms with Gasteiger partial charge in [-0.1, -0.05) is 48.5 Å². The number of imidazole rings is 1. The molecule has 4 rings (SSSR count). The second-order valence-electron chi connectivity index (χ2n) is 5.48. The van der Waals surface area contributed by atoms with Crippen LogP contribution in [0, 0.1) is 0 Å². The largest absolute Gasteiger partial charge is 0.301 e. The zero-order valence-corrected chi connectivity index (χ0v) is 15.2. The third-order valence-electron chi connectivity index (χ3n) is 3.87. The van der Waals surface area contributed by atoms with Crippen LogP contribution in [0.4, 0.5) is 0 Å². The Morgan fingerprint density at radius 1 is 0.875 bits per heavy atom. The van der Waals surface area contributed by atoms with Crippen LogP contribution in [0.5, 0.6) is 0 Å². The Bertz CT molecular complexity index is 951. The SMILES string of the molecule is Brc1ccc2ncc(C(Sc3ccccc3)c3ccccc3)n2c1. The molecule has 4 aromatic rings. The predicted octanol–water partition coefficient (Wildman–Crippen LogP) is 5.98. The van der Waals surface area contributed by atoms with E-state index in [1.807, 2.05) is 36.2 Å². The van der Waals surface area contributed by atoms with Crippen LogP contribution in [-0.2, 0) is 0 Å². The normalized spacial score (nSPS) is 12.4. The molecule has 0 saturated carbocycles. The van der Waals surface area contributed by atoms with E-state index in [1.54, 1.807) is 0 Å². The van der Waals surface area contributed by atoms with Crippen LogP contribution in [0.15, 0.2) is 94.6 Å². The van der Waals surface area contributed by atoms with E-state index in [9.17, 15) is 0 Å². The van der Waals surface area contributed by atoms with E-state index >= 15 is 0 Å². The van der Waals surface area contributed by atoms with Gasteiger partial charge >= 0.3 is 0 Å². The summed E-state index contributed by atoms with van der Waals surface area (Å²) in [5, 5.41) is 0.179. The minimum atomic E-state index is 0.179. The first-order chi connectivity index (χ1) is 11.8. The Kier molecular flexibility index (Phi) is 4.41. The highest BCUT2D eigenvalue weighted by Crippen LogP contribution is 2.40. The Morgan fingerprint density at radius 2 is 1.58 bits per heavy atom. The number of pyridine rings is 1. The molecule has 0 aliphatic carbocycles. The smallest absolute Gasteiger partial charge is 0.136 e. The summed E-state index contributed by atoms with van der Waals surface area (Å²) in [6, 6.07) is 25.2. The van der Waals surface area contributed by atoms with Gasteiger partial charge in [-0.05, 0) is 45.8 Å². The lowest BCUT2D eigenvalue weighted by Gasteiger charge is -2.17. The first-order valence-electron chi connectivity index (χ1n) is 7.70. The van der Waals surface area contributed by atoms with Crippen LogP contribution in [0.1, 0.15) is 16.5 Å². The van der Waals surface area contributed by atoms with Gasteiger partial charge in [0.15, 0.2) is 0 Å². The summed E-state index contributed by atoms with van der Waals surface area (Å²) in [6.45, 7) is 0. The summed E-state index contributed by atoms with van der Waals surface area (Å²) in [5.74, 6) is 0. The topological polar surface area (TPSA) is 17.3 Å². The number of thioether (sulfide) groups is 1. The fourth-order valence-electron chi connectivity index (χ4n) is 2.73. The number of aromatic nitrogens is 2. The number of benzene rings is 2. The molecule has 2 nitrogen and oxygen atoms in total. The maximum atomic E-state index is 4.58. The van der Waals surface area contributed by atoms with Crippen molar-refractivity contribution >= 4 is 33.3 Å². The summed E-state index contributed by atoms with van der Waals surface area (Å²) >= 11 is 5.41. The molecule has 2 heterocycles. The van der Waals surface area contributed by atoms with Crippen molar-refractivity contribution in [3.63, 3.8) is 0 Å². The van der Waals surface area contributed by atoms with E-state index in [-0.39, 0.29) is 5.25 Å². The molecule has 118 valence electrons. The second kappa shape index (κ2) is 6.83. The van der Waals surface area contributed by atoms with Gasteiger partial charge in [-0.3, -0.25) is 0 Å². The van der Waals surface area contributed by atoms with E-state index in [1.165, 1.54) is 16.2 Å². The zero-order chi connectivity index (χ0) is 16.4. The molecule has 1 atom stereocenters. The third-order valence-corrected chi connectivity index (χ3v) is 5.63. The van der Waals surface area contributed by atoms with Crippen LogP contribution >= 0.6 is 27.7 Å². The van der Waals surface area contributed by atoms with Gasteiger partial charge in [0.1, 0.15) is 5.65 Å². The summed E-state index contributed by atoms with van der Waals surface area (Å²) in [6.07, 6.45) is 4.06. The lowest BCUT2D eigenvalue weighted by Crippen LogP contribution is -2.01. The van der Waals surface area contributed by atoms with E-state index in [0.29, 0.717) is 0 Å². The minimum absolute atomic E-state index is 0.179. The second-order valence-corrected chi connectivity index (χ2v) is 7.57. The average Bonchev–Trinajstić information content (AvgIpc) is 3.04. The lowest BCUT2D eigenvalue weighted by molar-refractivity contribution is 1.00. The summed E-state index contributed by atoms with van der Waals surface area (Å²) in [5.41, 5.74) is 3.40. The van der Waals surface area contributed by atoms with Gasteiger partial charge in [0.25, 0.3) is 0 Å². The fraction of sp³-hybridized carbons (Fsp3) is 0.0500. The van der Waals surface area contributed by atoms with E-state index in [4.69, 9.17) is 0 Å². The van der Waals surface area contributed by atoms with Gasteiger partial charge in [0.2, 0.25) is 0 Å². The molecule has 0 spiro atoms. The predicted molar refractivity (Wildman–Crippen MR) is 103 cm³/mol. The number of hydrogen-bond donors (Lipinski definition) is 0. The van der Waals surface area contributed by atoms with Gasteiger partial charge in [-0.15, -0.1) is 11.8 Å². The Balaban J connectivity index is 1.84. The quantitative estimate of drug-likeness (QED) is 0.396. The van der Waals surface area contributed by atoms with Gasteiger partial charge < -0.3 is 4.40 Å². The third kappa shape index (κ3) is 3.12. The maximum Gasteiger partial charge on any atom is 0.136 e. The molecule has 0 fully saturated rings. The molecule has 0 saturated heterocycles. The van der Waals surface area contributed by atoms with Gasteiger partial charge in [0, 0.05) is 15.6 Å². The van der Waals surface area contributed by atoms with E-state index < -0.39 is 0 Å². The first-order valence-corrected chi connectivity index (χ1v) is 9.38. The van der Waals surface area contributed by atoms with Crippen molar-refractivity contribution < 1.29 is 0 Å². The van der Waals surface area contributed by atoms with Crippen molar-refractivity contribution in [1.29, 1.82) is 0 Å². The zero-order valence-electron chi connectivity index (χ0n) is 12.8. The highest BCUT2D eigenvalue weighted by atomic mass is 79.9. The molecule has 24 heavy (non-hydrogen) atoms. The molecule has 4 heteroatoms. The molecule has 0 N–H and O–H groups in total. The molecule has 2 aromatic heterocycles. The van der Waals surface area contributed by atoms with Crippen LogP contribution in [-0.4, -0.2) is 9.38 Å². The minimum Gasteiger partial charge on any atom is -0.301 e. The Morgan fingerprint density at radius 3 is 2.33 bits per heavy atom. The van der Waals surface area contributed by atoms with Gasteiger partial charge in [-0.2, -0.15) is 0 Å². The summed E-state index contributed by atoms with van der Waals surface area (Å²) < 4.78 is 3.21. The van der Waals surface area contributed by atoms with Crippen molar-refractivity contribution in [2.45, 2.75) is 10.1 Å². The van der Waals surface area contributed by atoms with Crippen molar-refractivity contribution in [3.05, 3.63) is 101 Å². The number of rotatable bonds is 4. The molecule has 0 aliphatic heterocycles. The van der Waals surface area contributed by atoms with Crippen LogP contribution in [0.25, 0.3) is 5.65 Å². The lowest BCUT2D eigenvalue weighted by atomic mass is 10.1. The molecule has 1 unspecified atom stereocenters. The molecule has 0 bridgehead atoms. The van der Waals surface area contributed by atoms with Crippen LogP contribution in [0.3, 0.4) is 0 Å². The summed E-state index contributed by atoms with van der Waals surface area (Å²) in [7, 11) is 0. The standard InChI is InChI=1S/C20H15BrN2S/c21-16-11-12-19-22-13-18(23(19)14-16)20(15-7-3-1-4-8-15)24-17-9-5-2-6-10-17/h1-14,20H. The van der Waals surface area contributed by atoms with Crippen LogP contribution in [0.2, 0.25) is 0 Å². The molecular weight excluding hydrogens is 380 g/mol. The molecule has 0 aliphatic rings. The molecule has 0 amide bonds. The summed E-state index contributed by atoms with van der Waals surface area (Å²) in [4.78, 5) is 5.82. The number of nitrogens with zero attached hydrogens (tertiary/aromatic N) is 2. The number of fused-ring (bicyclic) bond motifs is 1. The highest BCUT2D eigenvalue weighted by molar-refractivity contribution is 9.10. The van der Waals surface area contributed by atoms with Crippen molar-refractivity contribution in [2.75, 3.05) is 0 Å². The average molecular weight is 395 g/mol. The van der Waals surface area contributed by atoms with E-state index in [2.05, 4.69) is 86.1 Å². The first kappa shape index (κ1) is 15.5. The molecular formula is C20H15BrN2S. The number of hydrogen-bond acceptors (Lipinski definition) is 2. The van der Waals surface area contributed by atoms with Gasteiger partial charge in [0.05, 0.1) is 17.1 Å². The Labute approximate surface area is 153 Å². The number of halogens is 1. The Hall–Kier alpha value is -2.04. The monoisotopic (exact) mass is 394 g/mol. The van der Waals surface area contributed by atoms with Crippen molar-refractivity contribution in [3.8, 4) is 0 Å². The molecule has 0 radical (unpaired) electrons. The van der Waals surface area contributed by atoms with Crippen LogP contribution < -0.4 is 0 Å². The fourth-order valence-corrected chi connectivity index (χ4v) is 4.24. The van der Waals surface area contributed by atoms with Crippen molar-refractivity contribution in [1.82, 2.24) is 9.38 Å². The maximum absolute atomic E-state index is 4.58. The highest BCUT2D eigenvalue weighted by Gasteiger charge is 2.19. The van der Waals surface area contributed by atoms with Gasteiger partial charge in [-0.25, -0.2) is 4.98 Å². The molecule has 2 aromatic carbocycles. The van der Waals surface area contributed by atoms with Crippen molar-refractivity contribution in [2.24, 2.45) is 0 Å².